The minimum atomic E-state index is -3.52. The van der Waals surface area contributed by atoms with Crippen LogP contribution >= 0.6 is 0 Å². The molecule has 0 aliphatic heterocycles. The third kappa shape index (κ3) is 3.81. The SMILES string of the molecule is CC(C)(C)c1ccccc1Oc1ccc(S(=O)(=O)c2ccccc2)cc1. The van der Waals surface area contributed by atoms with Gasteiger partial charge in [0.05, 0.1) is 9.79 Å². The summed E-state index contributed by atoms with van der Waals surface area (Å²) in [7, 11) is -3.52. The lowest BCUT2D eigenvalue weighted by Gasteiger charge is -2.22. The molecule has 0 bridgehead atoms. The molecule has 0 unspecified atom stereocenters. The van der Waals surface area contributed by atoms with E-state index in [0.29, 0.717) is 5.75 Å². The first kappa shape index (κ1) is 18.2. The van der Waals surface area contributed by atoms with Gasteiger partial charge in [0, 0.05) is 5.56 Å². The van der Waals surface area contributed by atoms with Crippen molar-refractivity contribution in [3.63, 3.8) is 0 Å². The number of sulfone groups is 1. The van der Waals surface area contributed by atoms with Crippen LogP contribution in [0.15, 0.2) is 88.7 Å². The van der Waals surface area contributed by atoms with Crippen LogP contribution < -0.4 is 4.74 Å². The lowest BCUT2D eigenvalue weighted by Crippen LogP contribution is -2.12. The maximum Gasteiger partial charge on any atom is 0.206 e. The number of ether oxygens (including phenoxy) is 1. The van der Waals surface area contributed by atoms with E-state index >= 15 is 0 Å². The minimum absolute atomic E-state index is 0.0484. The van der Waals surface area contributed by atoms with Crippen LogP contribution in [0.5, 0.6) is 11.5 Å². The Morgan fingerprint density at radius 2 is 1.23 bits per heavy atom. The predicted octanol–water partition coefficient (Wildman–Crippen LogP) is 5.61. The Balaban J connectivity index is 1.88. The van der Waals surface area contributed by atoms with Gasteiger partial charge in [0.25, 0.3) is 0 Å². The van der Waals surface area contributed by atoms with Crippen LogP contribution in [0.4, 0.5) is 0 Å². The maximum absolute atomic E-state index is 12.6. The molecule has 134 valence electrons. The number of hydrogen-bond donors (Lipinski definition) is 0. The summed E-state index contributed by atoms with van der Waals surface area (Å²) in [6.45, 7) is 6.39. The van der Waals surface area contributed by atoms with Crippen molar-refractivity contribution in [2.24, 2.45) is 0 Å². The van der Waals surface area contributed by atoms with Crippen molar-refractivity contribution >= 4 is 9.84 Å². The largest absolute Gasteiger partial charge is 0.457 e. The summed E-state index contributed by atoms with van der Waals surface area (Å²) in [5.74, 6) is 1.38. The third-order valence-corrected chi connectivity index (χ3v) is 5.90. The molecule has 0 atom stereocenters. The molecule has 0 fully saturated rings. The molecule has 3 nitrogen and oxygen atoms in total. The zero-order valence-corrected chi connectivity index (χ0v) is 16.0. The Morgan fingerprint density at radius 1 is 0.692 bits per heavy atom. The summed E-state index contributed by atoms with van der Waals surface area (Å²) >= 11 is 0. The van der Waals surface area contributed by atoms with Gasteiger partial charge in [-0.05, 0) is 47.9 Å². The van der Waals surface area contributed by atoms with Gasteiger partial charge < -0.3 is 4.74 Å². The van der Waals surface area contributed by atoms with Crippen LogP contribution in [0, 0.1) is 0 Å². The Morgan fingerprint density at radius 3 is 1.85 bits per heavy atom. The first-order chi connectivity index (χ1) is 12.3. The Kier molecular flexibility index (Phi) is 4.88. The minimum Gasteiger partial charge on any atom is -0.457 e. The Bertz CT molecular complexity index is 984. The van der Waals surface area contributed by atoms with E-state index in [0.717, 1.165) is 11.3 Å². The summed E-state index contributed by atoms with van der Waals surface area (Å²) in [6, 6.07) is 22.8. The molecule has 0 radical (unpaired) electrons. The number of hydrogen-bond acceptors (Lipinski definition) is 3. The van der Waals surface area contributed by atoms with E-state index in [2.05, 4.69) is 20.8 Å². The smallest absolute Gasteiger partial charge is 0.206 e. The van der Waals surface area contributed by atoms with E-state index in [4.69, 9.17) is 4.74 Å². The van der Waals surface area contributed by atoms with Crippen molar-refractivity contribution in [1.82, 2.24) is 0 Å². The van der Waals surface area contributed by atoms with Crippen LogP contribution in [0.1, 0.15) is 26.3 Å². The molecule has 0 saturated carbocycles. The highest BCUT2D eigenvalue weighted by atomic mass is 32.2. The molecule has 3 rings (SSSR count). The first-order valence-electron chi connectivity index (χ1n) is 8.46. The van der Waals surface area contributed by atoms with Crippen molar-refractivity contribution in [2.45, 2.75) is 36.0 Å². The van der Waals surface area contributed by atoms with Crippen molar-refractivity contribution in [3.8, 4) is 11.5 Å². The number of rotatable bonds is 4. The van der Waals surface area contributed by atoms with Crippen molar-refractivity contribution in [3.05, 3.63) is 84.4 Å². The van der Waals surface area contributed by atoms with Gasteiger partial charge in [-0.2, -0.15) is 0 Å². The summed E-state index contributed by atoms with van der Waals surface area (Å²) in [5, 5.41) is 0. The molecule has 3 aromatic rings. The molecule has 0 heterocycles. The van der Waals surface area contributed by atoms with Crippen LogP contribution in [-0.2, 0) is 15.3 Å². The van der Waals surface area contributed by atoms with Crippen LogP contribution in [0.3, 0.4) is 0 Å². The van der Waals surface area contributed by atoms with E-state index in [-0.39, 0.29) is 15.2 Å². The molecule has 3 aromatic carbocycles. The van der Waals surface area contributed by atoms with Gasteiger partial charge in [-0.1, -0.05) is 57.2 Å². The second-order valence-corrected chi connectivity index (χ2v) is 9.09. The van der Waals surface area contributed by atoms with E-state index in [1.165, 1.54) is 0 Å². The van der Waals surface area contributed by atoms with Crippen LogP contribution in [-0.4, -0.2) is 8.42 Å². The van der Waals surface area contributed by atoms with Gasteiger partial charge >= 0.3 is 0 Å². The Labute approximate surface area is 155 Å². The molecule has 0 spiro atoms. The fourth-order valence-corrected chi connectivity index (χ4v) is 4.01. The molecule has 4 heteroatoms. The highest BCUT2D eigenvalue weighted by molar-refractivity contribution is 7.91. The normalized spacial score (nSPS) is 12.0. The van der Waals surface area contributed by atoms with Crippen molar-refractivity contribution < 1.29 is 13.2 Å². The standard InChI is InChI=1S/C22H22O3S/c1-22(2,3)20-11-7-8-12-21(20)25-17-13-15-19(16-14-17)26(23,24)18-9-5-4-6-10-18/h4-16H,1-3H3. The highest BCUT2D eigenvalue weighted by Crippen LogP contribution is 2.34. The fourth-order valence-electron chi connectivity index (χ4n) is 2.72. The molecule has 0 N–H and O–H groups in total. The lowest BCUT2D eigenvalue weighted by atomic mass is 9.86. The van der Waals surface area contributed by atoms with Crippen molar-refractivity contribution in [2.75, 3.05) is 0 Å². The van der Waals surface area contributed by atoms with Gasteiger partial charge in [0.2, 0.25) is 9.84 Å². The van der Waals surface area contributed by atoms with Gasteiger partial charge in [-0.25, -0.2) is 8.42 Å². The van der Waals surface area contributed by atoms with Gasteiger partial charge in [0.1, 0.15) is 11.5 Å². The summed E-state index contributed by atoms with van der Waals surface area (Å²) in [4.78, 5) is 0.534. The quantitative estimate of drug-likeness (QED) is 0.603. The van der Waals surface area contributed by atoms with Crippen molar-refractivity contribution in [1.29, 1.82) is 0 Å². The average Bonchev–Trinajstić information content (AvgIpc) is 2.62. The average molecular weight is 366 g/mol. The first-order valence-corrected chi connectivity index (χ1v) is 9.94. The summed E-state index contributed by atoms with van der Waals surface area (Å²) in [5.41, 5.74) is 1.05. The molecule has 0 aromatic heterocycles. The van der Waals surface area contributed by atoms with E-state index in [1.807, 2.05) is 24.3 Å². The zero-order chi connectivity index (χ0) is 18.8. The molecular formula is C22H22O3S. The topological polar surface area (TPSA) is 43.4 Å². The second-order valence-electron chi connectivity index (χ2n) is 7.14. The van der Waals surface area contributed by atoms with Crippen LogP contribution in [0.25, 0.3) is 0 Å². The molecule has 0 aliphatic carbocycles. The third-order valence-electron chi connectivity index (χ3n) is 4.11. The van der Waals surface area contributed by atoms with Gasteiger partial charge in [0.15, 0.2) is 0 Å². The zero-order valence-electron chi connectivity index (χ0n) is 15.1. The predicted molar refractivity (Wildman–Crippen MR) is 104 cm³/mol. The summed E-state index contributed by atoms with van der Waals surface area (Å²) < 4.78 is 31.3. The number of para-hydroxylation sites is 1. The molecule has 0 saturated heterocycles. The van der Waals surface area contributed by atoms with E-state index in [9.17, 15) is 8.42 Å². The highest BCUT2D eigenvalue weighted by Gasteiger charge is 2.20. The summed E-state index contributed by atoms with van der Waals surface area (Å²) in [6.07, 6.45) is 0. The number of benzene rings is 3. The van der Waals surface area contributed by atoms with Crippen LogP contribution in [0.2, 0.25) is 0 Å². The van der Waals surface area contributed by atoms with E-state index in [1.54, 1.807) is 54.6 Å². The van der Waals surface area contributed by atoms with Gasteiger partial charge in [-0.3, -0.25) is 0 Å². The fraction of sp³-hybridized carbons (Fsp3) is 0.182. The lowest BCUT2D eigenvalue weighted by molar-refractivity contribution is 0.455. The maximum atomic E-state index is 12.6. The van der Waals surface area contributed by atoms with E-state index < -0.39 is 9.84 Å². The molecule has 0 amide bonds. The molecular weight excluding hydrogens is 344 g/mol. The molecule has 0 aliphatic rings. The second kappa shape index (κ2) is 6.96. The monoisotopic (exact) mass is 366 g/mol. The van der Waals surface area contributed by atoms with Gasteiger partial charge in [-0.15, -0.1) is 0 Å². The Hall–Kier alpha value is -2.59. The molecule has 26 heavy (non-hydrogen) atoms.